The number of ether oxygens (including phenoxy) is 1. The molecule has 2 aromatic carbocycles. The van der Waals surface area contributed by atoms with Gasteiger partial charge in [-0.15, -0.1) is 6.42 Å². The van der Waals surface area contributed by atoms with Crippen LogP contribution in [0.25, 0.3) is 0 Å². The van der Waals surface area contributed by atoms with Crippen molar-refractivity contribution in [1.29, 1.82) is 0 Å². The van der Waals surface area contributed by atoms with E-state index >= 15 is 0 Å². The fourth-order valence-electron chi connectivity index (χ4n) is 1.47. The average molecular weight is 277 g/mol. The molecule has 2 aromatic rings. The maximum atomic E-state index is 6.05. The van der Waals surface area contributed by atoms with E-state index in [1.54, 1.807) is 18.2 Å². The van der Waals surface area contributed by atoms with E-state index < -0.39 is 0 Å². The van der Waals surface area contributed by atoms with E-state index in [4.69, 9.17) is 34.4 Å². The van der Waals surface area contributed by atoms with Crippen LogP contribution in [0, 0.1) is 12.3 Å². The fraction of sp³-hybridized carbons (Fsp3) is 0.0667. The van der Waals surface area contributed by atoms with Crippen LogP contribution in [0.5, 0.6) is 5.75 Å². The summed E-state index contributed by atoms with van der Waals surface area (Å²) in [6.07, 6.45) is 5.28. The lowest BCUT2D eigenvalue weighted by Crippen LogP contribution is -1.97. The van der Waals surface area contributed by atoms with Crippen molar-refractivity contribution in [2.24, 2.45) is 0 Å². The number of hydrogen-bond acceptors (Lipinski definition) is 1. The molecular formula is C15H10Cl2O. The van der Waals surface area contributed by atoms with Gasteiger partial charge in [0, 0.05) is 21.2 Å². The van der Waals surface area contributed by atoms with Crippen molar-refractivity contribution in [1.82, 2.24) is 0 Å². The zero-order chi connectivity index (χ0) is 13.0. The SMILES string of the molecule is C#Cc1ccc(OCc2c(Cl)cccc2Cl)cc1. The second-order valence-corrected chi connectivity index (χ2v) is 4.47. The topological polar surface area (TPSA) is 9.23 Å². The Kier molecular flexibility index (Phi) is 4.15. The van der Waals surface area contributed by atoms with Gasteiger partial charge in [-0.2, -0.15) is 0 Å². The quantitative estimate of drug-likeness (QED) is 0.747. The van der Waals surface area contributed by atoms with Gasteiger partial charge in [-0.25, -0.2) is 0 Å². The molecule has 0 atom stereocenters. The highest BCUT2D eigenvalue weighted by Gasteiger charge is 2.06. The van der Waals surface area contributed by atoms with Gasteiger partial charge in [0.15, 0.2) is 0 Å². The molecule has 18 heavy (non-hydrogen) atoms. The average Bonchev–Trinajstić information content (AvgIpc) is 2.39. The van der Waals surface area contributed by atoms with E-state index in [0.717, 1.165) is 16.9 Å². The number of hydrogen-bond donors (Lipinski definition) is 0. The third kappa shape index (κ3) is 2.98. The van der Waals surface area contributed by atoms with Gasteiger partial charge >= 0.3 is 0 Å². The van der Waals surface area contributed by atoms with E-state index in [-0.39, 0.29) is 0 Å². The minimum Gasteiger partial charge on any atom is -0.489 e. The summed E-state index contributed by atoms with van der Waals surface area (Å²) in [5, 5.41) is 1.20. The molecule has 90 valence electrons. The molecule has 3 heteroatoms. The van der Waals surface area contributed by atoms with Crippen molar-refractivity contribution in [3.8, 4) is 18.1 Å². The van der Waals surface area contributed by atoms with Crippen LogP contribution >= 0.6 is 23.2 Å². The molecule has 0 saturated carbocycles. The zero-order valence-electron chi connectivity index (χ0n) is 9.49. The summed E-state index contributed by atoms with van der Waals surface area (Å²) in [7, 11) is 0. The maximum Gasteiger partial charge on any atom is 0.119 e. The van der Waals surface area contributed by atoms with Crippen molar-refractivity contribution in [2.45, 2.75) is 6.61 Å². The van der Waals surface area contributed by atoms with Gasteiger partial charge < -0.3 is 4.74 Å². The van der Waals surface area contributed by atoms with Crippen molar-refractivity contribution in [3.63, 3.8) is 0 Å². The van der Waals surface area contributed by atoms with E-state index in [9.17, 15) is 0 Å². The highest BCUT2D eigenvalue weighted by atomic mass is 35.5. The van der Waals surface area contributed by atoms with E-state index in [1.165, 1.54) is 0 Å². The second-order valence-electron chi connectivity index (χ2n) is 3.66. The number of benzene rings is 2. The highest BCUT2D eigenvalue weighted by Crippen LogP contribution is 2.25. The predicted octanol–water partition coefficient (Wildman–Crippen LogP) is 4.55. The minimum absolute atomic E-state index is 0.327. The zero-order valence-corrected chi connectivity index (χ0v) is 11.0. The molecule has 0 bridgehead atoms. The summed E-state index contributed by atoms with van der Waals surface area (Å²) < 4.78 is 5.62. The van der Waals surface area contributed by atoms with Crippen molar-refractivity contribution in [3.05, 3.63) is 63.6 Å². The van der Waals surface area contributed by atoms with Crippen molar-refractivity contribution in [2.75, 3.05) is 0 Å². The van der Waals surface area contributed by atoms with Crippen molar-refractivity contribution < 1.29 is 4.74 Å². The summed E-state index contributed by atoms with van der Waals surface area (Å²) in [5.74, 6) is 3.28. The van der Waals surface area contributed by atoms with Crippen LogP contribution in [0.15, 0.2) is 42.5 Å². The fourth-order valence-corrected chi connectivity index (χ4v) is 1.98. The first-order valence-corrected chi connectivity index (χ1v) is 6.08. The van der Waals surface area contributed by atoms with Crippen LogP contribution in [0.2, 0.25) is 10.0 Å². The number of halogens is 2. The Morgan fingerprint density at radius 1 is 1.00 bits per heavy atom. The summed E-state index contributed by atoms with van der Waals surface area (Å²) >= 11 is 12.1. The van der Waals surface area contributed by atoms with Crippen LogP contribution in [0.3, 0.4) is 0 Å². The molecule has 0 heterocycles. The molecule has 0 unspecified atom stereocenters. The third-order valence-electron chi connectivity index (χ3n) is 2.47. The summed E-state index contributed by atoms with van der Waals surface area (Å²) in [4.78, 5) is 0. The molecule has 0 aliphatic rings. The first-order chi connectivity index (χ1) is 8.70. The Morgan fingerprint density at radius 2 is 1.61 bits per heavy atom. The normalized spacial score (nSPS) is 9.83. The molecule has 2 rings (SSSR count). The predicted molar refractivity (Wildman–Crippen MR) is 75.2 cm³/mol. The van der Waals surface area contributed by atoms with Crippen LogP contribution in [0.1, 0.15) is 11.1 Å². The molecule has 0 radical (unpaired) electrons. The monoisotopic (exact) mass is 276 g/mol. The van der Waals surface area contributed by atoms with Gasteiger partial charge in [-0.1, -0.05) is 35.2 Å². The first kappa shape index (κ1) is 12.8. The van der Waals surface area contributed by atoms with Gasteiger partial charge in [0.1, 0.15) is 12.4 Å². The lowest BCUT2D eigenvalue weighted by atomic mass is 10.2. The molecule has 0 aliphatic heterocycles. The Hall–Kier alpha value is -1.62. The van der Waals surface area contributed by atoms with Crippen LogP contribution < -0.4 is 4.74 Å². The molecule has 0 spiro atoms. The Morgan fingerprint density at radius 3 is 2.17 bits per heavy atom. The van der Waals surface area contributed by atoms with Gasteiger partial charge in [-0.05, 0) is 36.4 Å². The maximum absolute atomic E-state index is 6.05. The molecule has 0 aromatic heterocycles. The van der Waals surface area contributed by atoms with Crippen LogP contribution in [-0.4, -0.2) is 0 Å². The molecule has 0 amide bonds. The molecule has 1 nitrogen and oxygen atoms in total. The van der Waals surface area contributed by atoms with Gasteiger partial charge in [0.25, 0.3) is 0 Å². The van der Waals surface area contributed by atoms with Gasteiger partial charge in [-0.3, -0.25) is 0 Å². The lowest BCUT2D eigenvalue weighted by molar-refractivity contribution is 0.306. The Balaban J connectivity index is 2.09. The second kappa shape index (κ2) is 5.82. The smallest absolute Gasteiger partial charge is 0.119 e. The van der Waals surface area contributed by atoms with E-state index in [2.05, 4.69) is 5.92 Å². The number of terminal acetylenes is 1. The molecule has 0 fully saturated rings. The van der Waals surface area contributed by atoms with Gasteiger partial charge in [0.05, 0.1) is 0 Å². The van der Waals surface area contributed by atoms with Crippen molar-refractivity contribution >= 4 is 23.2 Å². The van der Waals surface area contributed by atoms with Crippen LogP contribution in [-0.2, 0) is 6.61 Å². The minimum atomic E-state index is 0.327. The first-order valence-electron chi connectivity index (χ1n) is 5.33. The Labute approximate surface area is 116 Å². The summed E-state index contributed by atoms with van der Waals surface area (Å²) in [6, 6.07) is 12.7. The largest absolute Gasteiger partial charge is 0.489 e. The summed E-state index contributed by atoms with van der Waals surface area (Å²) in [5.41, 5.74) is 1.60. The molecule has 0 saturated heterocycles. The number of rotatable bonds is 3. The molecule has 0 aliphatic carbocycles. The summed E-state index contributed by atoms with van der Waals surface area (Å²) in [6.45, 7) is 0.327. The van der Waals surface area contributed by atoms with E-state index in [0.29, 0.717) is 16.7 Å². The van der Waals surface area contributed by atoms with Gasteiger partial charge in [0.2, 0.25) is 0 Å². The highest BCUT2D eigenvalue weighted by molar-refractivity contribution is 6.35. The molecule has 0 N–H and O–H groups in total. The lowest BCUT2D eigenvalue weighted by Gasteiger charge is -2.09. The Bertz CT molecular complexity index is 562. The standard InChI is InChI=1S/C15H10Cl2O/c1-2-11-6-8-12(9-7-11)18-10-13-14(16)4-3-5-15(13)17/h1,3-9H,10H2. The van der Waals surface area contributed by atoms with E-state index in [1.807, 2.05) is 24.3 Å². The third-order valence-corrected chi connectivity index (χ3v) is 3.17. The molecular weight excluding hydrogens is 267 g/mol. The van der Waals surface area contributed by atoms with Crippen LogP contribution in [0.4, 0.5) is 0 Å².